The normalized spacial score (nSPS) is 14.4. The summed E-state index contributed by atoms with van der Waals surface area (Å²) in [6.07, 6.45) is 3.76. The first-order chi connectivity index (χ1) is 18.9. The predicted molar refractivity (Wildman–Crippen MR) is 162 cm³/mol. The third-order valence-corrected chi connectivity index (χ3v) is 7.94. The molecular formula is C29H23Cl2N3O3S2. The van der Waals surface area contributed by atoms with Crippen molar-refractivity contribution in [1.82, 2.24) is 14.7 Å². The summed E-state index contributed by atoms with van der Waals surface area (Å²) < 4.78 is 13.4. The van der Waals surface area contributed by atoms with Crippen molar-refractivity contribution in [2.24, 2.45) is 0 Å². The number of benzene rings is 3. The van der Waals surface area contributed by atoms with Crippen LogP contribution in [0.2, 0.25) is 10.0 Å². The minimum absolute atomic E-state index is 0.134. The SMILES string of the molecule is COCCN1C(=O)C(=Cc2cn(-c3ccccc3)nc2-c2ccc(OCc3ccc(Cl)cc3Cl)cc2)SC1=S. The Kier molecular flexibility index (Phi) is 8.69. The molecule has 0 aliphatic carbocycles. The Morgan fingerprint density at radius 1 is 1.05 bits per heavy atom. The molecule has 0 bridgehead atoms. The number of halogens is 2. The van der Waals surface area contributed by atoms with Gasteiger partial charge in [0.15, 0.2) is 0 Å². The Morgan fingerprint density at radius 2 is 1.82 bits per heavy atom. The van der Waals surface area contributed by atoms with E-state index in [1.165, 1.54) is 11.8 Å². The zero-order valence-corrected chi connectivity index (χ0v) is 24.0. The third kappa shape index (κ3) is 6.37. The van der Waals surface area contributed by atoms with Gasteiger partial charge in [-0.15, -0.1) is 0 Å². The molecule has 1 fully saturated rings. The van der Waals surface area contributed by atoms with E-state index in [-0.39, 0.29) is 5.91 Å². The van der Waals surface area contributed by atoms with E-state index < -0.39 is 0 Å². The molecule has 1 saturated heterocycles. The molecule has 1 aliphatic heterocycles. The summed E-state index contributed by atoms with van der Waals surface area (Å²) in [5.41, 5.74) is 4.16. The zero-order chi connectivity index (χ0) is 27.4. The van der Waals surface area contributed by atoms with E-state index in [0.717, 1.165) is 28.1 Å². The minimum atomic E-state index is -0.134. The van der Waals surface area contributed by atoms with Crippen molar-refractivity contribution in [3.8, 4) is 22.7 Å². The van der Waals surface area contributed by atoms with Crippen molar-refractivity contribution in [2.75, 3.05) is 20.3 Å². The topological polar surface area (TPSA) is 56.6 Å². The molecule has 1 aromatic heterocycles. The second-order valence-corrected chi connectivity index (χ2v) is 11.1. The predicted octanol–water partition coefficient (Wildman–Crippen LogP) is 7.27. The number of amides is 1. The van der Waals surface area contributed by atoms with Crippen LogP contribution in [-0.4, -0.2) is 45.2 Å². The van der Waals surface area contributed by atoms with Gasteiger partial charge in [0.2, 0.25) is 0 Å². The van der Waals surface area contributed by atoms with Gasteiger partial charge in [-0.3, -0.25) is 9.69 Å². The van der Waals surface area contributed by atoms with Gasteiger partial charge in [-0.1, -0.05) is 71.4 Å². The molecule has 0 unspecified atom stereocenters. The number of thioether (sulfide) groups is 1. The number of rotatable bonds is 9. The lowest BCUT2D eigenvalue weighted by Crippen LogP contribution is -2.31. The van der Waals surface area contributed by atoms with Crippen molar-refractivity contribution < 1.29 is 14.3 Å². The van der Waals surface area contributed by atoms with Crippen LogP contribution < -0.4 is 4.74 Å². The van der Waals surface area contributed by atoms with Crippen LogP contribution in [0.3, 0.4) is 0 Å². The monoisotopic (exact) mass is 595 g/mol. The summed E-state index contributed by atoms with van der Waals surface area (Å²) in [7, 11) is 1.60. The summed E-state index contributed by atoms with van der Waals surface area (Å²) in [5.74, 6) is 0.554. The van der Waals surface area contributed by atoms with Crippen LogP contribution in [0.25, 0.3) is 23.0 Å². The first-order valence-corrected chi connectivity index (χ1v) is 14.0. The molecule has 0 N–H and O–H groups in total. The third-order valence-electron chi connectivity index (χ3n) is 5.98. The van der Waals surface area contributed by atoms with Crippen LogP contribution in [0.4, 0.5) is 0 Å². The van der Waals surface area contributed by atoms with Crippen molar-refractivity contribution in [2.45, 2.75) is 6.61 Å². The molecule has 0 radical (unpaired) electrons. The lowest BCUT2D eigenvalue weighted by Gasteiger charge is -2.12. The van der Waals surface area contributed by atoms with Gasteiger partial charge in [0.1, 0.15) is 16.7 Å². The summed E-state index contributed by atoms with van der Waals surface area (Å²) in [6, 6.07) is 22.8. The first-order valence-electron chi connectivity index (χ1n) is 12.0. The quantitative estimate of drug-likeness (QED) is 0.150. The van der Waals surface area contributed by atoms with E-state index in [4.69, 9.17) is 50.0 Å². The molecule has 0 spiro atoms. The van der Waals surface area contributed by atoms with E-state index >= 15 is 0 Å². The number of methoxy groups -OCH3 is 1. The molecule has 198 valence electrons. The summed E-state index contributed by atoms with van der Waals surface area (Å²) in [6.45, 7) is 1.14. The Hall–Kier alpha value is -3.14. The van der Waals surface area contributed by atoms with E-state index in [2.05, 4.69) is 0 Å². The maximum absolute atomic E-state index is 13.1. The average Bonchev–Trinajstić information content (AvgIpc) is 3.48. The molecule has 0 atom stereocenters. The van der Waals surface area contributed by atoms with Gasteiger partial charge in [0.05, 0.1) is 29.4 Å². The minimum Gasteiger partial charge on any atom is -0.489 e. The number of hydrogen-bond acceptors (Lipinski definition) is 6. The van der Waals surface area contributed by atoms with Gasteiger partial charge >= 0.3 is 0 Å². The largest absolute Gasteiger partial charge is 0.489 e. The molecule has 5 rings (SSSR count). The molecule has 6 nitrogen and oxygen atoms in total. The zero-order valence-electron chi connectivity index (χ0n) is 20.8. The molecule has 39 heavy (non-hydrogen) atoms. The van der Waals surface area contributed by atoms with Crippen LogP contribution >= 0.6 is 47.2 Å². The molecule has 1 aliphatic rings. The van der Waals surface area contributed by atoms with Gasteiger partial charge < -0.3 is 9.47 Å². The van der Waals surface area contributed by atoms with E-state index in [1.807, 2.05) is 72.9 Å². The smallest absolute Gasteiger partial charge is 0.266 e. The van der Waals surface area contributed by atoms with Crippen LogP contribution in [0.5, 0.6) is 5.75 Å². The molecule has 2 heterocycles. The maximum Gasteiger partial charge on any atom is 0.266 e. The maximum atomic E-state index is 13.1. The second-order valence-electron chi connectivity index (χ2n) is 8.59. The Balaban J connectivity index is 1.43. The molecule has 1 amide bonds. The fraction of sp³-hybridized carbons (Fsp3) is 0.138. The van der Waals surface area contributed by atoms with E-state index in [9.17, 15) is 4.79 Å². The Bertz CT molecular complexity index is 1540. The number of ether oxygens (including phenoxy) is 2. The highest BCUT2D eigenvalue weighted by molar-refractivity contribution is 8.26. The fourth-order valence-electron chi connectivity index (χ4n) is 3.96. The number of aromatic nitrogens is 2. The Labute approximate surface area is 246 Å². The highest BCUT2D eigenvalue weighted by atomic mass is 35.5. The summed E-state index contributed by atoms with van der Waals surface area (Å²) in [5, 5.41) is 6.00. The fourth-order valence-corrected chi connectivity index (χ4v) is 5.72. The number of carbonyl (C=O) groups is 1. The summed E-state index contributed by atoms with van der Waals surface area (Å²) in [4.78, 5) is 15.2. The number of carbonyl (C=O) groups excluding carboxylic acids is 1. The highest BCUT2D eigenvalue weighted by Gasteiger charge is 2.32. The molecular weight excluding hydrogens is 573 g/mol. The van der Waals surface area contributed by atoms with Crippen molar-refractivity contribution in [3.63, 3.8) is 0 Å². The first kappa shape index (κ1) is 27.4. The Morgan fingerprint density at radius 3 is 2.54 bits per heavy atom. The van der Waals surface area contributed by atoms with E-state index in [0.29, 0.717) is 44.8 Å². The molecule has 0 saturated carbocycles. The van der Waals surface area contributed by atoms with Crippen LogP contribution in [0.1, 0.15) is 11.1 Å². The lowest BCUT2D eigenvalue weighted by molar-refractivity contribution is -0.122. The van der Waals surface area contributed by atoms with Gasteiger partial charge in [-0.2, -0.15) is 5.10 Å². The van der Waals surface area contributed by atoms with Gasteiger partial charge in [0, 0.05) is 40.0 Å². The number of hydrogen-bond donors (Lipinski definition) is 0. The van der Waals surface area contributed by atoms with Gasteiger partial charge in [-0.05, 0) is 54.6 Å². The number of thiocarbonyl (C=S) groups is 1. The second kappa shape index (κ2) is 12.4. The molecule has 3 aromatic carbocycles. The summed E-state index contributed by atoms with van der Waals surface area (Å²) >= 11 is 19.0. The van der Waals surface area contributed by atoms with Crippen LogP contribution in [-0.2, 0) is 16.1 Å². The molecule has 4 aromatic rings. The highest BCUT2D eigenvalue weighted by Crippen LogP contribution is 2.35. The molecule has 10 heteroatoms. The van der Waals surface area contributed by atoms with Gasteiger partial charge in [-0.25, -0.2) is 4.68 Å². The number of para-hydroxylation sites is 1. The van der Waals surface area contributed by atoms with Crippen molar-refractivity contribution in [3.05, 3.63) is 105 Å². The van der Waals surface area contributed by atoms with Crippen LogP contribution in [0.15, 0.2) is 83.9 Å². The van der Waals surface area contributed by atoms with Crippen molar-refractivity contribution in [1.29, 1.82) is 0 Å². The average molecular weight is 597 g/mol. The van der Waals surface area contributed by atoms with E-state index in [1.54, 1.807) is 28.8 Å². The number of nitrogens with zero attached hydrogens (tertiary/aromatic N) is 3. The standard InChI is InChI=1S/C29H23Cl2N3O3S2/c1-36-14-13-33-28(35)26(39-29(33)38)15-21-17-34(23-5-3-2-4-6-23)32-27(21)19-8-11-24(12-9-19)37-18-20-7-10-22(30)16-25(20)31/h2-12,15-17H,13-14,18H2,1H3. The van der Waals surface area contributed by atoms with Gasteiger partial charge in [0.25, 0.3) is 5.91 Å². The van der Waals surface area contributed by atoms with Crippen molar-refractivity contribution >= 4 is 63.5 Å². The van der Waals surface area contributed by atoms with Crippen LogP contribution in [0, 0.1) is 0 Å². The lowest BCUT2D eigenvalue weighted by atomic mass is 10.1.